The van der Waals surface area contributed by atoms with Gasteiger partial charge in [-0.15, -0.1) is 0 Å². The topological polar surface area (TPSA) is 235 Å². The first kappa shape index (κ1) is 59.5. The number of aromatic nitrogens is 3. The Labute approximate surface area is 452 Å². The predicted molar refractivity (Wildman–Crippen MR) is 287 cm³/mol. The number of esters is 1. The van der Waals surface area contributed by atoms with Crippen LogP contribution in [-0.2, 0) is 42.9 Å². The van der Waals surface area contributed by atoms with Gasteiger partial charge in [-0.1, -0.05) is 84.0 Å². The van der Waals surface area contributed by atoms with E-state index in [9.17, 15) is 48.9 Å². The van der Waals surface area contributed by atoms with Crippen molar-refractivity contribution in [1.82, 2.24) is 18.8 Å². The van der Waals surface area contributed by atoms with Gasteiger partial charge in [-0.05, 0) is 125 Å². The fourth-order valence-electron chi connectivity index (χ4n) is 12.7. The number of aliphatic hydroxyl groups excluding tert-OH is 2. The number of hydrogen-bond acceptors (Lipinski definition) is 14. The fraction of sp³-hybridized carbons (Fsp3) is 0.678. The van der Waals surface area contributed by atoms with Crippen LogP contribution in [0, 0.1) is 41.4 Å². The summed E-state index contributed by atoms with van der Waals surface area (Å²) in [6.07, 6.45) is 6.42. The van der Waals surface area contributed by atoms with Crippen LogP contribution in [-0.4, -0.2) is 133 Å². The molecule has 18 heteroatoms. The number of aliphatic hydroxyl groups is 3. The molecule has 8 rings (SSSR count). The second-order valence-corrected chi connectivity index (χ2v) is 23.3. The third kappa shape index (κ3) is 12.8. The van der Waals surface area contributed by atoms with Crippen LogP contribution in [0.4, 0.5) is 0 Å². The lowest BCUT2D eigenvalue weighted by Crippen LogP contribution is -2.61. The molecule has 1 aromatic heterocycles. The van der Waals surface area contributed by atoms with Gasteiger partial charge in [0.1, 0.15) is 30.1 Å². The van der Waals surface area contributed by atoms with Gasteiger partial charge in [-0.25, -0.2) is 28.3 Å². The smallest absolute Gasteiger partial charge is 0.352 e. The second-order valence-electron chi connectivity index (χ2n) is 23.3. The summed E-state index contributed by atoms with van der Waals surface area (Å²) in [5.74, 6) is -9.06. The molecule has 6 aliphatic rings. The minimum atomic E-state index is -2.54. The lowest BCUT2D eigenvalue weighted by atomic mass is 9.75. The molecular weight excluding hydrogens is 989 g/mol. The molecule has 1 aromatic carbocycles. The van der Waals surface area contributed by atoms with Crippen molar-refractivity contribution in [2.75, 3.05) is 20.8 Å². The first-order valence-corrected chi connectivity index (χ1v) is 28.0. The number of para-hydroxylation sites is 1. The number of amides is 1. The van der Waals surface area contributed by atoms with Gasteiger partial charge in [0.05, 0.1) is 36.1 Å². The highest BCUT2D eigenvalue weighted by atomic mass is 16.6. The minimum Gasteiger partial charge on any atom is -0.460 e. The van der Waals surface area contributed by atoms with Gasteiger partial charge in [-0.3, -0.25) is 19.2 Å². The minimum absolute atomic E-state index is 0.0452. The van der Waals surface area contributed by atoms with Crippen LogP contribution in [0.15, 0.2) is 75.4 Å². The van der Waals surface area contributed by atoms with Crippen LogP contribution >= 0.6 is 0 Å². The van der Waals surface area contributed by atoms with Crippen molar-refractivity contribution in [1.29, 1.82) is 0 Å². The summed E-state index contributed by atoms with van der Waals surface area (Å²) >= 11 is 0. The van der Waals surface area contributed by atoms with Crippen molar-refractivity contribution in [3.8, 4) is 5.69 Å². The normalized spacial score (nSPS) is 37.5. The van der Waals surface area contributed by atoms with Gasteiger partial charge < -0.3 is 39.2 Å². The van der Waals surface area contributed by atoms with Crippen LogP contribution < -0.4 is 11.4 Å². The highest BCUT2D eigenvalue weighted by Crippen LogP contribution is 2.39. The number of ketones is 3. The number of carbonyl (C=O) groups is 5. The number of nitrogens with zero attached hydrogens (tertiary/aromatic N) is 4. The van der Waals surface area contributed by atoms with E-state index in [2.05, 4.69) is 0 Å². The van der Waals surface area contributed by atoms with E-state index in [1.54, 1.807) is 64.1 Å². The molecule has 1 saturated carbocycles. The third-order valence-corrected chi connectivity index (χ3v) is 17.6. The Hall–Kier alpha value is -5.11. The molecule has 2 saturated heterocycles. The Bertz CT molecular complexity index is 2670. The summed E-state index contributed by atoms with van der Waals surface area (Å²) in [7, 11) is 2.84. The number of Topliss-reactive ketones (excluding diaryl/α,β-unsaturated/α-hetero) is 3. The molecule has 3 fully saturated rings. The van der Waals surface area contributed by atoms with Gasteiger partial charge in [0.2, 0.25) is 5.79 Å². The van der Waals surface area contributed by atoms with Crippen molar-refractivity contribution < 1.29 is 58.2 Å². The number of carbonyl (C=O) groups excluding carboxylic acids is 5. The first-order chi connectivity index (χ1) is 36.5. The number of ether oxygens (including phenoxy) is 4. The van der Waals surface area contributed by atoms with E-state index in [-0.39, 0.29) is 55.8 Å². The molecule has 5 aliphatic heterocycles. The molecular formula is C59H84N4O14. The van der Waals surface area contributed by atoms with Crippen LogP contribution in [0.2, 0.25) is 0 Å². The molecule has 17 atom stereocenters. The van der Waals surface area contributed by atoms with E-state index in [4.69, 9.17) is 18.9 Å². The Morgan fingerprint density at radius 3 is 2.16 bits per heavy atom. The Morgan fingerprint density at radius 2 is 1.48 bits per heavy atom. The van der Waals surface area contributed by atoms with Crippen LogP contribution in [0.25, 0.3) is 5.69 Å². The molecule has 0 spiro atoms. The van der Waals surface area contributed by atoms with E-state index in [0.717, 1.165) is 17.4 Å². The molecule has 2 aromatic rings. The van der Waals surface area contributed by atoms with Crippen molar-refractivity contribution in [3.63, 3.8) is 0 Å². The molecule has 77 heavy (non-hydrogen) atoms. The number of hydrogen-bond donors (Lipinski definition) is 3. The number of benzene rings is 1. The summed E-state index contributed by atoms with van der Waals surface area (Å²) < 4.78 is 28.2. The summed E-state index contributed by atoms with van der Waals surface area (Å²) in [4.78, 5) is 102. The van der Waals surface area contributed by atoms with Gasteiger partial charge in [0.15, 0.2) is 5.78 Å². The van der Waals surface area contributed by atoms with Crippen molar-refractivity contribution in [2.45, 2.75) is 193 Å². The summed E-state index contributed by atoms with van der Waals surface area (Å²) in [5, 5.41) is 34.5. The predicted octanol–water partition coefficient (Wildman–Crippen LogP) is 6.16. The Balaban J connectivity index is 1.27. The quantitative estimate of drug-likeness (QED) is 0.167. The van der Waals surface area contributed by atoms with Crippen molar-refractivity contribution in [2.24, 2.45) is 41.4 Å². The number of rotatable bonds is 6. The van der Waals surface area contributed by atoms with Gasteiger partial charge in [0.25, 0.3) is 11.7 Å². The molecule has 18 nitrogen and oxygen atoms in total. The SMILES string of the molecule is CO[C@H]1C[C@@H]2CC[C@@H](C)[C@@](O)(O2)C(=O)C(=O)N2CCCC[C@H]2C(=O)O[C@H]([C@H](C)C[C@@H]2CC[C@@H](O)[C@H](C)C2)CC(=O)[C@H](C)/C=C(\C)[C@@H](O)[C@@H](OC)C(=O)[C@H](C)C[C@H](C)C2C=CC(/C=C/1C)n1c(=O)n(-c3ccccc3)c(=O)n12. The molecule has 6 heterocycles. The average Bonchev–Trinajstić information content (AvgIpc) is 3.68. The lowest BCUT2D eigenvalue weighted by Gasteiger charge is -2.42. The maximum atomic E-state index is 14.6. The molecule has 1 amide bonds. The molecule has 0 radical (unpaired) electrons. The van der Waals surface area contributed by atoms with E-state index in [0.29, 0.717) is 55.4 Å². The largest absolute Gasteiger partial charge is 0.460 e. The molecule has 1 aliphatic carbocycles. The first-order valence-electron chi connectivity index (χ1n) is 28.0. The molecule has 2 unspecified atom stereocenters. The summed E-state index contributed by atoms with van der Waals surface area (Å²) in [6.45, 7) is 14.3. The number of methoxy groups -OCH3 is 2. The van der Waals surface area contributed by atoms with E-state index < -0.39 is 119 Å². The van der Waals surface area contributed by atoms with Crippen LogP contribution in [0.3, 0.4) is 0 Å². The highest BCUT2D eigenvalue weighted by Gasteiger charge is 2.53. The van der Waals surface area contributed by atoms with E-state index in [1.807, 2.05) is 45.9 Å². The van der Waals surface area contributed by atoms with Crippen molar-refractivity contribution >= 4 is 29.2 Å². The van der Waals surface area contributed by atoms with Crippen molar-refractivity contribution in [3.05, 3.63) is 86.8 Å². The van der Waals surface area contributed by atoms with Gasteiger partial charge in [0, 0.05) is 51.4 Å². The monoisotopic (exact) mass is 1070 g/mol. The average molecular weight is 1070 g/mol. The maximum absolute atomic E-state index is 14.6. The van der Waals surface area contributed by atoms with Gasteiger partial charge >= 0.3 is 17.3 Å². The third-order valence-electron chi connectivity index (χ3n) is 17.6. The Kier molecular flexibility index (Phi) is 19.6. The highest BCUT2D eigenvalue weighted by molar-refractivity contribution is 6.39. The molecule has 424 valence electrons. The molecule has 3 N–H and O–H groups in total. The Morgan fingerprint density at radius 1 is 0.779 bits per heavy atom. The maximum Gasteiger partial charge on any atom is 0.352 e. The van der Waals surface area contributed by atoms with Crippen LogP contribution in [0.5, 0.6) is 0 Å². The van der Waals surface area contributed by atoms with Crippen LogP contribution in [0.1, 0.15) is 145 Å². The fourth-order valence-corrected chi connectivity index (χ4v) is 12.7. The van der Waals surface area contributed by atoms with Gasteiger partial charge in [-0.2, -0.15) is 0 Å². The zero-order valence-corrected chi connectivity index (χ0v) is 46.7. The summed E-state index contributed by atoms with van der Waals surface area (Å²) in [5.41, 5.74) is 0.166. The second kappa shape index (κ2) is 25.3. The zero-order chi connectivity index (χ0) is 56.2. The zero-order valence-electron chi connectivity index (χ0n) is 46.7. The van der Waals surface area contributed by atoms with E-state index >= 15 is 0 Å². The standard InChI is InChI=1S/C59H84N4O14/c1-33-26-38(6)51(66)53(75-10)52(67)39(7)27-34(2)48(65)32-50(36(4)29-41-20-24-47(64)35(3)28-41)76-56(70)46-18-14-15-25-60(46)55(69)54(68)59(73)40(8)19-22-44(77-59)31-49(74-9)37(5)30-43-21-23-45(33)63-58(72)61(57(71)62(43)63)42-16-12-11-13-17-42/h11-13,16-17,21,23,27,30,33-36,38,40-41,43-47,49-50,52-53,64,67,73H,14-15,18-20,22,24-26,28-29,31-32H2,1-10H3/b37-30+,39-27+/t33-,34+,35+,36+,38+,40+,41+,43?,44-,45?,46-,47+,49-,50-,52+,53-,59+/m0/s1. The molecule has 4 bridgehead atoms. The summed E-state index contributed by atoms with van der Waals surface area (Å²) in [6, 6.07) is 5.94. The van der Waals surface area contributed by atoms with E-state index in [1.165, 1.54) is 28.5 Å². The number of piperidine rings is 1. The lowest BCUT2D eigenvalue weighted by molar-refractivity contribution is -0.265. The number of fused-ring (bicyclic) bond motifs is 15. The number of allylic oxidation sites excluding steroid dienone is 4.